The van der Waals surface area contributed by atoms with E-state index < -0.39 is 0 Å². The Morgan fingerprint density at radius 2 is 0.750 bits per heavy atom. The van der Waals surface area contributed by atoms with Gasteiger partial charge in [0.05, 0.1) is 0 Å². The highest BCUT2D eigenvalue weighted by Gasteiger charge is 2.46. The quantitative estimate of drug-likeness (QED) is 0.254. The maximum Gasteiger partial charge on any atom is 0.118 e. The minimum Gasteiger partial charge on any atom is -0.508 e. The molecule has 0 aromatic heterocycles. The Morgan fingerprint density at radius 3 is 1.08 bits per heavy atom. The van der Waals surface area contributed by atoms with Crippen molar-refractivity contribution in [2.45, 2.75) is 50.4 Å². The molecule has 1 aliphatic carbocycles. The van der Waals surface area contributed by atoms with Gasteiger partial charge in [-0.2, -0.15) is 0 Å². The van der Waals surface area contributed by atoms with Crippen molar-refractivity contribution in [3.05, 3.63) is 118 Å². The summed E-state index contributed by atoms with van der Waals surface area (Å²) in [6.07, 6.45) is 3.40. The average Bonchev–Trinajstić information content (AvgIpc) is 2.88. The molecule has 0 spiro atoms. The highest BCUT2D eigenvalue weighted by Crippen LogP contribution is 2.55. The summed E-state index contributed by atoms with van der Waals surface area (Å²) in [7, 11) is 0. The van der Waals surface area contributed by atoms with Gasteiger partial charge in [0.25, 0.3) is 0 Å². The Hall–Kier alpha value is -3.92. The van der Waals surface area contributed by atoms with Crippen LogP contribution < -0.4 is 0 Å². The van der Waals surface area contributed by atoms with Crippen LogP contribution in [0.1, 0.15) is 59.1 Å². The van der Waals surface area contributed by atoms with Crippen LogP contribution in [0.4, 0.5) is 0 Å². The molecular formula is C32H32O4. The molecule has 0 heterocycles. The van der Waals surface area contributed by atoms with Crippen LogP contribution in [0.25, 0.3) is 0 Å². The second kappa shape index (κ2) is 8.94. The fourth-order valence-corrected chi connectivity index (χ4v) is 6.06. The topological polar surface area (TPSA) is 80.9 Å². The maximum atomic E-state index is 10.2. The third kappa shape index (κ3) is 3.97. The third-order valence-corrected chi connectivity index (χ3v) is 8.30. The summed E-state index contributed by atoms with van der Waals surface area (Å²) >= 11 is 0. The van der Waals surface area contributed by atoms with Crippen molar-refractivity contribution in [1.82, 2.24) is 0 Å². The average molecular weight is 481 g/mol. The Labute approximate surface area is 212 Å². The number of aryl methyl sites for hydroxylation is 2. The van der Waals surface area contributed by atoms with Gasteiger partial charge in [0.1, 0.15) is 23.0 Å². The van der Waals surface area contributed by atoms with Gasteiger partial charge < -0.3 is 20.4 Å². The van der Waals surface area contributed by atoms with Crippen LogP contribution in [0, 0.1) is 13.8 Å². The van der Waals surface area contributed by atoms with E-state index in [4.69, 9.17) is 0 Å². The summed E-state index contributed by atoms with van der Waals surface area (Å²) in [6.45, 7) is 3.85. The molecule has 0 aliphatic heterocycles. The summed E-state index contributed by atoms with van der Waals surface area (Å²) in [5, 5.41) is 40.4. The second-order valence-corrected chi connectivity index (χ2v) is 10.3. The molecule has 0 amide bonds. The van der Waals surface area contributed by atoms with Crippen molar-refractivity contribution in [2.24, 2.45) is 0 Å². The van der Waals surface area contributed by atoms with E-state index in [0.717, 1.165) is 59.1 Å². The molecule has 4 heteroatoms. The summed E-state index contributed by atoms with van der Waals surface area (Å²) < 4.78 is 0. The molecule has 1 saturated carbocycles. The Morgan fingerprint density at radius 1 is 0.444 bits per heavy atom. The van der Waals surface area contributed by atoms with E-state index in [1.54, 1.807) is 36.4 Å². The van der Waals surface area contributed by atoms with Crippen LogP contribution in [0.3, 0.4) is 0 Å². The Kier molecular flexibility index (Phi) is 5.91. The molecule has 36 heavy (non-hydrogen) atoms. The predicted molar refractivity (Wildman–Crippen MR) is 142 cm³/mol. The zero-order valence-corrected chi connectivity index (χ0v) is 20.7. The van der Waals surface area contributed by atoms with Crippen LogP contribution >= 0.6 is 0 Å². The van der Waals surface area contributed by atoms with Gasteiger partial charge in [0.2, 0.25) is 0 Å². The van der Waals surface area contributed by atoms with Gasteiger partial charge in [-0.25, -0.2) is 0 Å². The maximum absolute atomic E-state index is 10.2. The third-order valence-electron chi connectivity index (χ3n) is 8.30. The summed E-state index contributed by atoms with van der Waals surface area (Å²) in [5.41, 5.74) is 5.73. The monoisotopic (exact) mass is 480 g/mol. The number of phenols is 4. The molecule has 0 atom stereocenters. The molecule has 184 valence electrons. The lowest BCUT2D eigenvalue weighted by molar-refractivity contribution is 0.256. The molecule has 4 N–H and O–H groups in total. The van der Waals surface area contributed by atoms with Crippen molar-refractivity contribution in [2.75, 3.05) is 0 Å². The summed E-state index contributed by atoms with van der Waals surface area (Å²) in [5.74, 6) is 1.05. The molecule has 0 bridgehead atoms. The first kappa shape index (κ1) is 23.8. The molecule has 4 nitrogen and oxygen atoms in total. The normalized spacial score (nSPS) is 16.5. The molecule has 4 aromatic rings. The number of hydrogen-bond acceptors (Lipinski definition) is 4. The zero-order valence-electron chi connectivity index (χ0n) is 20.7. The van der Waals surface area contributed by atoms with Gasteiger partial charge >= 0.3 is 0 Å². The number of phenolic OH excluding ortho intramolecular Hbond substituents is 4. The summed E-state index contributed by atoms with van der Waals surface area (Å²) in [6, 6.07) is 26.8. The molecule has 0 saturated heterocycles. The van der Waals surface area contributed by atoms with E-state index in [2.05, 4.69) is 12.1 Å². The standard InChI is InChI=1S/C32H32O4/c1-21-19-25(7-13-29(21)35)32(26-8-14-30(36)22(2)20-26)17-15-31(16-18-32,23-3-9-27(33)10-4-23)24-5-11-28(34)12-6-24/h3-14,19-20,33-36H,15-18H2,1-2H3. The fourth-order valence-electron chi connectivity index (χ4n) is 6.06. The molecule has 1 aliphatic rings. The fraction of sp³-hybridized carbons (Fsp3) is 0.250. The van der Waals surface area contributed by atoms with E-state index in [-0.39, 0.29) is 33.8 Å². The lowest BCUT2D eigenvalue weighted by atomic mass is 9.55. The number of aromatic hydroxyl groups is 4. The summed E-state index contributed by atoms with van der Waals surface area (Å²) in [4.78, 5) is 0. The van der Waals surface area contributed by atoms with Crippen LogP contribution in [0.15, 0.2) is 84.9 Å². The minimum atomic E-state index is -0.283. The van der Waals surface area contributed by atoms with Crippen LogP contribution in [-0.2, 0) is 10.8 Å². The van der Waals surface area contributed by atoms with Crippen LogP contribution in [0.5, 0.6) is 23.0 Å². The van der Waals surface area contributed by atoms with Crippen LogP contribution in [0.2, 0.25) is 0 Å². The molecule has 0 radical (unpaired) electrons. The first-order chi connectivity index (χ1) is 17.2. The molecule has 1 fully saturated rings. The number of rotatable bonds is 4. The van der Waals surface area contributed by atoms with E-state index in [1.807, 2.05) is 50.2 Å². The lowest BCUT2D eigenvalue weighted by Gasteiger charge is -2.48. The lowest BCUT2D eigenvalue weighted by Crippen LogP contribution is -2.41. The Balaban J connectivity index is 1.65. The smallest absolute Gasteiger partial charge is 0.118 e. The largest absolute Gasteiger partial charge is 0.508 e. The van der Waals surface area contributed by atoms with Gasteiger partial charge in [0, 0.05) is 10.8 Å². The molecular weight excluding hydrogens is 448 g/mol. The van der Waals surface area contributed by atoms with Gasteiger partial charge in [-0.05, 0) is 109 Å². The zero-order chi connectivity index (χ0) is 25.5. The second-order valence-electron chi connectivity index (χ2n) is 10.3. The number of benzene rings is 4. The Bertz CT molecular complexity index is 1280. The number of hydrogen-bond donors (Lipinski definition) is 4. The van der Waals surface area contributed by atoms with Gasteiger partial charge in [0.15, 0.2) is 0 Å². The van der Waals surface area contributed by atoms with Gasteiger partial charge in [-0.15, -0.1) is 0 Å². The first-order valence-corrected chi connectivity index (χ1v) is 12.4. The van der Waals surface area contributed by atoms with E-state index >= 15 is 0 Å². The van der Waals surface area contributed by atoms with Crippen molar-refractivity contribution in [1.29, 1.82) is 0 Å². The van der Waals surface area contributed by atoms with Gasteiger partial charge in [-0.3, -0.25) is 0 Å². The highest BCUT2D eigenvalue weighted by atomic mass is 16.3. The van der Waals surface area contributed by atoms with Crippen molar-refractivity contribution < 1.29 is 20.4 Å². The van der Waals surface area contributed by atoms with E-state index in [1.165, 1.54) is 0 Å². The SMILES string of the molecule is Cc1cc(C2(c3ccc(O)c(C)c3)CCC(c3ccc(O)cc3)(c3ccc(O)cc3)CC2)ccc1O. The minimum absolute atomic E-state index is 0.240. The van der Waals surface area contributed by atoms with Crippen molar-refractivity contribution >= 4 is 0 Å². The van der Waals surface area contributed by atoms with Crippen molar-refractivity contribution in [3.63, 3.8) is 0 Å². The first-order valence-electron chi connectivity index (χ1n) is 12.4. The van der Waals surface area contributed by atoms with E-state index in [9.17, 15) is 20.4 Å². The van der Waals surface area contributed by atoms with Gasteiger partial charge in [-0.1, -0.05) is 48.5 Å². The van der Waals surface area contributed by atoms with Crippen LogP contribution in [-0.4, -0.2) is 20.4 Å². The van der Waals surface area contributed by atoms with Crippen molar-refractivity contribution in [3.8, 4) is 23.0 Å². The predicted octanol–water partition coefficient (Wildman–Crippen LogP) is 6.97. The molecule has 4 aromatic carbocycles. The highest BCUT2D eigenvalue weighted by molar-refractivity contribution is 5.51. The van der Waals surface area contributed by atoms with E-state index in [0.29, 0.717) is 0 Å². The molecule has 5 rings (SSSR count). The molecule has 0 unspecified atom stereocenters.